The number of carbonyl (C=O) groups is 1. The van der Waals surface area contributed by atoms with E-state index in [0.29, 0.717) is 5.56 Å². The van der Waals surface area contributed by atoms with Gasteiger partial charge >= 0.3 is 0 Å². The van der Waals surface area contributed by atoms with E-state index in [1.807, 2.05) is 0 Å². The second kappa shape index (κ2) is 7.64. The first-order chi connectivity index (χ1) is 10.1. The Morgan fingerprint density at radius 3 is 2.45 bits per heavy atom. The predicted octanol–water partition coefficient (Wildman–Crippen LogP) is 1.25. The average Bonchev–Trinajstić information content (AvgIpc) is 2.45. The molecule has 0 fully saturated rings. The van der Waals surface area contributed by atoms with Crippen LogP contribution in [0.2, 0.25) is 0 Å². The van der Waals surface area contributed by atoms with Crippen molar-refractivity contribution in [2.75, 3.05) is 25.1 Å². The highest BCUT2D eigenvalue weighted by Gasteiger charge is 2.18. The van der Waals surface area contributed by atoms with Gasteiger partial charge in [0.05, 0.1) is 11.5 Å². The van der Waals surface area contributed by atoms with Crippen molar-refractivity contribution in [1.82, 2.24) is 4.90 Å². The summed E-state index contributed by atoms with van der Waals surface area (Å²) in [4.78, 5) is 12.3. The molecule has 0 aliphatic carbocycles. The van der Waals surface area contributed by atoms with Gasteiger partial charge in [-0.3, -0.25) is 9.69 Å². The topological polar surface area (TPSA) is 80.5 Å². The van der Waals surface area contributed by atoms with Crippen LogP contribution in [-0.2, 0) is 14.6 Å². The zero-order valence-electron chi connectivity index (χ0n) is 12.6. The highest BCUT2D eigenvalue weighted by Crippen LogP contribution is 2.20. The van der Waals surface area contributed by atoms with E-state index < -0.39 is 27.4 Å². The number of hydrogen-bond acceptors (Lipinski definition) is 4. The van der Waals surface area contributed by atoms with Crippen LogP contribution in [0.3, 0.4) is 0 Å². The molecule has 8 heteroatoms. The lowest BCUT2D eigenvalue weighted by Crippen LogP contribution is -2.30. The molecule has 1 aromatic rings. The van der Waals surface area contributed by atoms with Crippen LogP contribution in [0.4, 0.5) is 8.78 Å². The van der Waals surface area contributed by atoms with Gasteiger partial charge in [0, 0.05) is 19.0 Å². The Morgan fingerprint density at radius 1 is 1.27 bits per heavy atom. The van der Waals surface area contributed by atoms with Crippen molar-refractivity contribution in [3.63, 3.8) is 0 Å². The Morgan fingerprint density at radius 2 is 1.91 bits per heavy atom. The van der Waals surface area contributed by atoms with Crippen molar-refractivity contribution < 1.29 is 22.0 Å². The molecule has 5 nitrogen and oxygen atoms in total. The number of nitrogens with two attached hydrogens (primary N) is 1. The van der Waals surface area contributed by atoms with Crippen molar-refractivity contribution in [3.8, 4) is 0 Å². The fourth-order valence-corrected chi connectivity index (χ4v) is 3.14. The van der Waals surface area contributed by atoms with Crippen LogP contribution in [0, 0.1) is 11.6 Å². The lowest BCUT2D eigenvalue weighted by molar-refractivity contribution is -0.117. The van der Waals surface area contributed by atoms with Gasteiger partial charge in [0.25, 0.3) is 0 Å². The van der Waals surface area contributed by atoms with Crippen molar-refractivity contribution >= 4 is 15.7 Å². The monoisotopic (exact) mass is 334 g/mol. The van der Waals surface area contributed by atoms with Gasteiger partial charge in [-0.15, -0.1) is 0 Å². The fraction of sp³-hybridized carbons (Fsp3) is 0.500. The summed E-state index contributed by atoms with van der Waals surface area (Å²) in [6.45, 7) is 1.98. The number of carbonyl (C=O) groups excluding carboxylic acids is 1. The molecule has 124 valence electrons. The Hall–Kier alpha value is -1.54. The molecule has 0 unspecified atom stereocenters. The van der Waals surface area contributed by atoms with Gasteiger partial charge < -0.3 is 5.73 Å². The largest absolute Gasteiger partial charge is 0.370 e. The zero-order valence-corrected chi connectivity index (χ0v) is 13.4. The first-order valence-corrected chi connectivity index (χ1v) is 8.58. The molecule has 0 aliphatic heterocycles. The van der Waals surface area contributed by atoms with Crippen molar-refractivity contribution in [2.24, 2.45) is 5.73 Å². The van der Waals surface area contributed by atoms with E-state index in [0.717, 1.165) is 12.1 Å². The number of benzene rings is 1. The molecular weight excluding hydrogens is 314 g/mol. The number of nitrogens with zero attached hydrogens (tertiary/aromatic N) is 1. The molecule has 0 saturated carbocycles. The van der Waals surface area contributed by atoms with Crippen LogP contribution >= 0.6 is 0 Å². The van der Waals surface area contributed by atoms with Crippen LogP contribution in [0.15, 0.2) is 18.2 Å². The van der Waals surface area contributed by atoms with Gasteiger partial charge in [-0.05, 0) is 31.7 Å². The van der Waals surface area contributed by atoms with E-state index in [9.17, 15) is 22.0 Å². The maximum Gasteiger partial charge on any atom is 0.218 e. The lowest BCUT2D eigenvalue weighted by Gasteiger charge is -2.25. The molecule has 1 amide bonds. The fourth-order valence-electron chi connectivity index (χ4n) is 1.86. The summed E-state index contributed by atoms with van der Waals surface area (Å²) in [5.74, 6) is -2.94. The SMILES string of the molecule is C[C@@H](c1ccc(F)c(F)c1)N(C)CCS(=O)(=O)CCC(N)=O. The predicted molar refractivity (Wildman–Crippen MR) is 79.9 cm³/mol. The zero-order chi connectivity index (χ0) is 16.9. The average molecular weight is 334 g/mol. The Kier molecular flexibility index (Phi) is 6.43. The number of sulfone groups is 1. The van der Waals surface area contributed by atoms with E-state index in [4.69, 9.17) is 5.73 Å². The van der Waals surface area contributed by atoms with E-state index in [1.165, 1.54) is 6.07 Å². The quantitative estimate of drug-likeness (QED) is 0.776. The molecule has 0 aliphatic rings. The molecule has 0 heterocycles. The number of amides is 1. The van der Waals surface area contributed by atoms with Crippen LogP contribution in [-0.4, -0.2) is 44.3 Å². The van der Waals surface area contributed by atoms with Gasteiger partial charge in [-0.25, -0.2) is 17.2 Å². The van der Waals surface area contributed by atoms with E-state index >= 15 is 0 Å². The van der Waals surface area contributed by atoms with E-state index in [2.05, 4.69) is 0 Å². The van der Waals surface area contributed by atoms with Gasteiger partial charge in [-0.1, -0.05) is 6.07 Å². The second-order valence-electron chi connectivity index (χ2n) is 5.20. The Labute approximate surface area is 129 Å². The number of rotatable bonds is 8. The maximum atomic E-state index is 13.2. The molecule has 2 N–H and O–H groups in total. The van der Waals surface area contributed by atoms with Gasteiger partial charge in [-0.2, -0.15) is 0 Å². The minimum Gasteiger partial charge on any atom is -0.370 e. The van der Waals surface area contributed by atoms with Crippen LogP contribution in [0.1, 0.15) is 24.9 Å². The Balaban J connectivity index is 2.62. The number of halogens is 2. The maximum absolute atomic E-state index is 13.2. The molecule has 0 bridgehead atoms. The van der Waals surface area contributed by atoms with Gasteiger partial charge in [0.1, 0.15) is 0 Å². The van der Waals surface area contributed by atoms with Crippen LogP contribution in [0.5, 0.6) is 0 Å². The molecule has 1 atom stereocenters. The molecule has 0 aromatic heterocycles. The second-order valence-corrected chi connectivity index (χ2v) is 7.50. The third kappa shape index (κ3) is 5.69. The molecule has 1 rings (SSSR count). The Bertz CT molecular complexity index is 635. The summed E-state index contributed by atoms with van der Waals surface area (Å²) in [6.07, 6.45) is -0.204. The van der Waals surface area contributed by atoms with Crippen molar-refractivity contribution in [3.05, 3.63) is 35.4 Å². The third-order valence-electron chi connectivity index (χ3n) is 3.50. The normalized spacial score (nSPS) is 13.3. The third-order valence-corrected chi connectivity index (χ3v) is 5.13. The van der Waals surface area contributed by atoms with E-state index in [1.54, 1.807) is 18.9 Å². The highest BCUT2D eigenvalue weighted by atomic mass is 32.2. The summed E-state index contributed by atoms with van der Waals surface area (Å²) < 4.78 is 49.6. The minimum atomic E-state index is -3.38. The molecule has 0 spiro atoms. The highest BCUT2D eigenvalue weighted by molar-refractivity contribution is 7.91. The molecular formula is C14H20F2N2O3S. The molecule has 1 aromatic carbocycles. The van der Waals surface area contributed by atoms with Gasteiger partial charge in [0.2, 0.25) is 5.91 Å². The standard InChI is InChI=1S/C14H20F2N2O3S/c1-10(11-3-4-12(15)13(16)9-11)18(2)6-8-22(20,21)7-5-14(17)19/h3-4,9-10H,5-8H2,1-2H3,(H2,17,19)/t10-/m0/s1. The molecule has 0 saturated heterocycles. The first-order valence-electron chi connectivity index (χ1n) is 6.76. The minimum absolute atomic E-state index is 0.134. The van der Waals surface area contributed by atoms with Crippen molar-refractivity contribution in [2.45, 2.75) is 19.4 Å². The molecule has 22 heavy (non-hydrogen) atoms. The smallest absolute Gasteiger partial charge is 0.218 e. The summed E-state index contributed by atoms with van der Waals surface area (Å²) in [7, 11) is -1.69. The summed E-state index contributed by atoms with van der Waals surface area (Å²) >= 11 is 0. The van der Waals surface area contributed by atoms with E-state index in [-0.39, 0.29) is 30.5 Å². The summed E-state index contributed by atoms with van der Waals surface area (Å²) in [5, 5.41) is 0. The number of primary amides is 1. The molecule has 0 radical (unpaired) electrons. The van der Waals surface area contributed by atoms with Gasteiger partial charge in [0.15, 0.2) is 21.5 Å². The number of hydrogen-bond donors (Lipinski definition) is 1. The van der Waals surface area contributed by atoms with Crippen LogP contribution < -0.4 is 5.73 Å². The first kappa shape index (κ1) is 18.5. The van der Waals surface area contributed by atoms with Crippen LogP contribution in [0.25, 0.3) is 0 Å². The van der Waals surface area contributed by atoms with Crippen molar-refractivity contribution in [1.29, 1.82) is 0 Å². The lowest BCUT2D eigenvalue weighted by atomic mass is 10.1. The summed E-state index contributed by atoms with van der Waals surface area (Å²) in [6, 6.07) is 3.32. The summed E-state index contributed by atoms with van der Waals surface area (Å²) in [5.41, 5.74) is 5.48.